The monoisotopic (exact) mass is 309 g/mol. The van der Waals surface area contributed by atoms with Gasteiger partial charge in [0.2, 0.25) is 0 Å². The number of aryl methyl sites for hydroxylation is 1. The third kappa shape index (κ3) is 3.39. The zero-order chi connectivity index (χ0) is 16.2. The molecule has 0 atom stereocenters. The van der Waals surface area contributed by atoms with Crippen molar-refractivity contribution in [1.29, 1.82) is 0 Å². The smallest absolute Gasteiger partial charge is 0.251 e. The van der Waals surface area contributed by atoms with Crippen LogP contribution < -0.4 is 5.56 Å². The van der Waals surface area contributed by atoms with Crippen LogP contribution in [-0.2, 0) is 6.42 Å². The van der Waals surface area contributed by atoms with Gasteiger partial charge in [0, 0.05) is 17.1 Å². The summed E-state index contributed by atoms with van der Waals surface area (Å²) in [6.07, 6.45) is 6.28. The maximum Gasteiger partial charge on any atom is 0.251 e. The third-order valence-corrected chi connectivity index (χ3v) is 3.70. The van der Waals surface area contributed by atoms with Crippen molar-refractivity contribution >= 4 is 22.6 Å². The molecule has 3 aromatic rings. The standard InChI is InChI=1S/C18H19N3O2/c1-3-5-15-10-17(22)21-18(20-15)13(4-2)8-12-6-7-16-14(9-12)11-19-23-16/h6-11H,3-5H2,1-2H3,(H,20,21,22). The van der Waals surface area contributed by atoms with E-state index in [-0.39, 0.29) is 5.56 Å². The number of hydrogen-bond donors (Lipinski definition) is 1. The number of nitrogens with one attached hydrogen (secondary N) is 1. The summed E-state index contributed by atoms with van der Waals surface area (Å²) in [5, 5.41) is 4.74. The average molecular weight is 309 g/mol. The number of benzene rings is 1. The van der Waals surface area contributed by atoms with Gasteiger partial charge in [-0.3, -0.25) is 4.79 Å². The van der Waals surface area contributed by atoms with Crippen LogP contribution >= 0.6 is 0 Å². The largest absolute Gasteiger partial charge is 0.356 e. The molecule has 3 rings (SSSR count). The van der Waals surface area contributed by atoms with Crippen LogP contribution in [0.2, 0.25) is 0 Å². The number of fused-ring (bicyclic) bond motifs is 1. The van der Waals surface area contributed by atoms with Gasteiger partial charge in [0.15, 0.2) is 5.58 Å². The van der Waals surface area contributed by atoms with E-state index < -0.39 is 0 Å². The second-order valence-electron chi connectivity index (χ2n) is 5.48. The van der Waals surface area contributed by atoms with Crippen molar-refractivity contribution in [3.63, 3.8) is 0 Å². The lowest BCUT2D eigenvalue weighted by Crippen LogP contribution is -2.12. The van der Waals surface area contributed by atoms with E-state index >= 15 is 0 Å². The molecule has 0 aliphatic heterocycles. The van der Waals surface area contributed by atoms with Gasteiger partial charge in [0.1, 0.15) is 5.82 Å². The molecular formula is C18H19N3O2. The highest BCUT2D eigenvalue weighted by molar-refractivity contribution is 5.84. The van der Waals surface area contributed by atoms with Crippen LogP contribution in [0.1, 0.15) is 43.8 Å². The molecule has 1 aromatic carbocycles. The third-order valence-electron chi connectivity index (χ3n) is 3.70. The normalized spacial score (nSPS) is 12.0. The van der Waals surface area contributed by atoms with Gasteiger partial charge in [-0.15, -0.1) is 0 Å². The van der Waals surface area contributed by atoms with Gasteiger partial charge in [-0.05, 0) is 42.2 Å². The van der Waals surface area contributed by atoms with E-state index in [2.05, 4.69) is 29.0 Å². The van der Waals surface area contributed by atoms with E-state index in [0.717, 1.165) is 47.1 Å². The Bertz CT molecular complexity index is 906. The van der Waals surface area contributed by atoms with Gasteiger partial charge in [-0.1, -0.05) is 31.5 Å². The van der Waals surface area contributed by atoms with Crippen LogP contribution in [0.5, 0.6) is 0 Å². The minimum Gasteiger partial charge on any atom is -0.356 e. The summed E-state index contributed by atoms with van der Waals surface area (Å²) in [6.45, 7) is 4.13. The summed E-state index contributed by atoms with van der Waals surface area (Å²) in [4.78, 5) is 19.3. The molecule has 0 saturated carbocycles. The van der Waals surface area contributed by atoms with Crippen molar-refractivity contribution in [2.45, 2.75) is 33.1 Å². The number of H-pyrrole nitrogens is 1. The van der Waals surface area contributed by atoms with Crippen LogP contribution in [0.25, 0.3) is 22.6 Å². The van der Waals surface area contributed by atoms with Gasteiger partial charge in [-0.25, -0.2) is 4.98 Å². The van der Waals surface area contributed by atoms with Crippen LogP contribution in [0.3, 0.4) is 0 Å². The van der Waals surface area contributed by atoms with E-state index in [9.17, 15) is 4.79 Å². The first-order chi connectivity index (χ1) is 11.2. The fourth-order valence-corrected chi connectivity index (χ4v) is 2.56. The molecule has 0 amide bonds. The molecule has 0 unspecified atom stereocenters. The Hall–Kier alpha value is -2.69. The molecule has 23 heavy (non-hydrogen) atoms. The number of aromatic nitrogens is 3. The summed E-state index contributed by atoms with van der Waals surface area (Å²) in [6, 6.07) is 7.45. The van der Waals surface area contributed by atoms with Gasteiger partial charge >= 0.3 is 0 Å². The summed E-state index contributed by atoms with van der Waals surface area (Å²) >= 11 is 0. The van der Waals surface area contributed by atoms with Crippen LogP contribution in [0.4, 0.5) is 0 Å². The Labute approximate surface area is 134 Å². The molecule has 5 heteroatoms. The highest BCUT2D eigenvalue weighted by Crippen LogP contribution is 2.21. The van der Waals surface area contributed by atoms with Gasteiger partial charge in [0.25, 0.3) is 5.56 Å². The van der Waals surface area contributed by atoms with Crippen LogP contribution in [-0.4, -0.2) is 15.1 Å². The van der Waals surface area contributed by atoms with Crippen molar-refractivity contribution in [2.75, 3.05) is 0 Å². The van der Waals surface area contributed by atoms with Crippen LogP contribution in [0, 0.1) is 0 Å². The first kappa shape index (κ1) is 15.2. The van der Waals surface area contributed by atoms with Crippen LogP contribution in [0.15, 0.2) is 39.8 Å². The topological polar surface area (TPSA) is 71.8 Å². The predicted octanol–water partition coefficient (Wildman–Crippen LogP) is 3.81. The van der Waals surface area contributed by atoms with E-state index in [1.54, 1.807) is 12.3 Å². The second kappa shape index (κ2) is 6.60. The molecule has 1 N–H and O–H groups in total. The molecular weight excluding hydrogens is 290 g/mol. The Morgan fingerprint density at radius 1 is 1.30 bits per heavy atom. The quantitative estimate of drug-likeness (QED) is 0.778. The van der Waals surface area contributed by atoms with E-state index in [0.29, 0.717) is 5.82 Å². The lowest BCUT2D eigenvalue weighted by Gasteiger charge is -2.07. The van der Waals surface area contributed by atoms with Crippen molar-refractivity contribution in [1.82, 2.24) is 15.1 Å². The number of aromatic amines is 1. The van der Waals surface area contributed by atoms with Crippen molar-refractivity contribution in [2.24, 2.45) is 0 Å². The molecule has 2 heterocycles. The summed E-state index contributed by atoms with van der Waals surface area (Å²) in [5.74, 6) is 0.647. The lowest BCUT2D eigenvalue weighted by molar-refractivity contribution is 0.456. The maximum atomic E-state index is 11.9. The van der Waals surface area contributed by atoms with E-state index in [1.165, 1.54) is 0 Å². The molecule has 0 fully saturated rings. The molecule has 0 spiro atoms. The molecule has 0 aliphatic rings. The Morgan fingerprint density at radius 3 is 2.96 bits per heavy atom. The zero-order valence-corrected chi connectivity index (χ0v) is 13.3. The molecule has 2 aromatic heterocycles. The lowest BCUT2D eigenvalue weighted by atomic mass is 10.1. The van der Waals surface area contributed by atoms with Gasteiger partial charge < -0.3 is 9.51 Å². The fraction of sp³-hybridized carbons (Fsp3) is 0.278. The molecule has 118 valence electrons. The molecule has 0 bridgehead atoms. The number of rotatable bonds is 5. The van der Waals surface area contributed by atoms with Crippen molar-refractivity contribution < 1.29 is 4.52 Å². The average Bonchev–Trinajstić information content (AvgIpc) is 3.00. The highest BCUT2D eigenvalue weighted by Gasteiger charge is 2.07. The molecule has 5 nitrogen and oxygen atoms in total. The van der Waals surface area contributed by atoms with Crippen molar-refractivity contribution in [3.8, 4) is 0 Å². The van der Waals surface area contributed by atoms with Gasteiger partial charge in [-0.2, -0.15) is 0 Å². The Morgan fingerprint density at radius 2 is 2.17 bits per heavy atom. The van der Waals surface area contributed by atoms with Gasteiger partial charge in [0.05, 0.1) is 6.20 Å². The first-order valence-electron chi connectivity index (χ1n) is 7.85. The summed E-state index contributed by atoms with van der Waals surface area (Å²) in [7, 11) is 0. The Kier molecular flexibility index (Phi) is 4.37. The number of allylic oxidation sites excluding steroid dienone is 1. The minimum atomic E-state index is -0.104. The Balaban J connectivity index is 2.02. The highest BCUT2D eigenvalue weighted by atomic mass is 16.5. The number of hydrogen-bond acceptors (Lipinski definition) is 4. The molecule has 0 aliphatic carbocycles. The SMILES string of the molecule is CCCc1cc(=O)[nH]c(C(=Cc2ccc3oncc3c2)CC)n1. The van der Waals surface area contributed by atoms with E-state index in [1.807, 2.05) is 24.3 Å². The first-order valence-corrected chi connectivity index (χ1v) is 7.85. The number of nitrogens with zero attached hydrogens (tertiary/aromatic N) is 2. The van der Waals surface area contributed by atoms with E-state index in [4.69, 9.17) is 4.52 Å². The summed E-state index contributed by atoms with van der Waals surface area (Å²) in [5.41, 5.74) is 3.51. The van der Waals surface area contributed by atoms with Crippen molar-refractivity contribution in [3.05, 3.63) is 57.9 Å². The molecule has 0 radical (unpaired) electrons. The maximum absolute atomic E-state index is 11.9. The predicted molar refractivity (Wildman–Crippen MR) is 91.0 cm³/mol. The second-order valence-corrected chi connectivity index (χ2v) is 5.48. The fourth-order valence-electron chi connectivity index (χ4n) is 2.56. The molecule has 0 saturated heterocycles. The minimum absolute atomic E-state index is 0.104. The summed E-state index contributed by atoms with van der Waals surface area (Å²) < 4.78 is 5.12. The zero-order valence-electron chi connectivity index (χ0n) is 13.3.